The number of methoxy groups -OCH3 is 1. The standard InChI is InChI=1S/C29H27FN6O2/c1-16-10-18(28-32-7-9-38-28)4-5-20(16)21-13-23-22(27(31)26(21)30)14-33-29(34-23)35-24-11-19-15-36(2)8-6-17(19)12-25(24)37-3/h4-5,7,9-14H,6,8,15,31H2,1-3H3,(H,33,34,35). The van der Waals surface area contributed by atoms with Crippen LogP contribution in [0.4, 0.5) is 21.7 Å². The van der Waals surface area contributed by atoms with Gasteiger partial charge in [0.15, 0.2) is 5.82 Å². The van der Waals surface area contributed by atoms with E-state index in [1.54, 1.807) is 25.6 Å². The summed E-state index contributed by atoms with van der Waals surface area (Å²) in [6, 6.07) is 11.5. The van der Waals surface area contributed by atoms with Crippen molar-refractivity contribution in [2.75, 3.05) is 31.8 Å². The van der Waals surface area contributed by atoms with Gasteiger partial charge in [0.1, 0.15) is 12.0 Å². The van der Waals surface area contributed by atoms with E-state index in [9.17, 15) is 0 Å². The van der Waals surface area contributed by atoms with Crippen LogP contribution in [0, 0.1) is 12.7 Å². The van der Waals surface area contributed by atoms with Crippen molar-refractivity contribution in [3.63, 3.8) is 0 Å². The lowest BCUT2D eigenvalue weighted by atomic mass is 9.96. The lowest BCUT2D eigenvalue weighted by Crippen LogP contribution is -2.26. The highest BCUT2D eigenvalue weighted by molar-refractivity contribution is 5.95. The van der Waals surface area contributed by atoms with E-state index in [2.05, 4.69) is 44.3 Å². The van der Waals surface area contributed by atoms with Crippen molar-refractivity contribution < 1.29 is 13.5 Å². The maximum Gasteiger partial charge on any atom is 0.227 e. The number of benzene rings is 3. The minimum Gasteiger partial charge on any atom is -0.495 e. The van der Waals surface area contributed by atoms with Crippen molar-refractivity contribution in [2.24, 2.45) is 0 Å². The van der Waals surface area contributed by atoms with Crippen molar-refractivity contribution in [1.29, 1.82) is 0 Å². The van der Waals surface area contributed by atoms with Gasteiger partial charge >= 0.3 is 0 Å². The molecule has 1 aliphatic heterocycles. The number of nitrogen functional groups attached to an aromatic ring is 1. The van der Waals surface area contributed by atoms with Crippen LogP contribution in [0.3, 0.4) is 0 Å². The normalized spacial score (nSPS) is 13.5. The fraction of sp³-hybridized carbons (Fsp3) is 0.207. The molecule has 0 radical (unpaired) electrons. The molecule has 8 nitrogen and oxygen atoms in total. The molecule has 6 rings (SSSR count). The summed E-state index contributed by atoms with van der Waals surface area (Å²) in [5, 5.41) is 3.74. The molecule has 0 saturated heterocycles. The van der Waals surface area contributed by atoms with Crippen molar-refractivity contribution in [3.8, 4) is 28.3 Å². The van der Waals surface area contributed by atoms with Crippen LogP contribution < -0.4 is 15.8 Å². The predicted octanol–water partition coefficient (Wildman–Crippen LogP) is 5.72. The summed E-state index contributed by atoms with van der Waals surface area (Å²) in [5.74, 6) is 1.09. The van der Waals surface area contributed by atoms with E-state index >= 15 is 4.39 Å². The summed E-state index contributed by atoms with van der Waals surface area (Å²) in [5.41, 5.74) is 12.8. The van der Waals surface area contributed by atoms with Gasteiger partial charge in [0.25, 0.3) is 0 Å². The lowest BCUT2D eigenvalue weighted by Gasteiger charge is -2.26. The van der Waals surface area contributed by atoms with Gasteiger partial charge in [0.2, 0.25) is 11.8 Å². The van der Waals surface area contributed by atoms with Gasteiger partial charge in [-0.1, -0.05) is 6.07 Å². The average molecular weight is 511 g/mol. The van der Waals surface area contributed by atoms with Crippen LogP contribution in [-0.2, 0) is 13.0 Å². The number of fused-ring (bicyclic) bond motifs is 2. The fourth-order valence-electron chi connectivity index (χ4n) is 5.01. The minimum atomic E-state index is -0.505. The molecule has 3 aromatic carbocycles. The van der Waals surface area contributed by atoms with Gasteiger partial charge in [0, 0.05) is 35.8 Å². The predicted molar refractivity (Wildman–Crippen MR) is 146 cm³/mol. The fourth-order valence-corrected chi connectivity index (χ4v) is 5.01. The Hall–Kier alpha value is -4.50. The van der Waals surface area contributed by atoms with E-state index in [1.807, 2.05) is 25.1 Å². The molecule has 0 saturated carbocycles. The van der Waals surface area contributed by atoms with Gasteiger partial charge in [-0.2, -0.15) is 0 Å². The van der Waals surface area contributed by atoms with Gasteiger partial charge in [-0.25, -0.2) is 19.3 Å². The van der Waals surface area contributed by atoms with Crippen molar-refractivity contribution in [2.45, 2.75) is 19.9 Å². The molecular formula is C29H27FN6O2. The molecule has 3 heterocycles. The minimum absolute atomic E-state index is 0.00891. The second-order valence-corrected chi connectivity index (χ2v) is 9.58. The largest absolute Gasteiger partial charge is 0.495 e. The lowest BCUT2D eigenvalue weighted by molar-refractivity contribution is 0.312. The summed E-state index contributed by atoms with van der Waals surface area (Å²) >= 11 is 0. The van der Waals surface area contributed by atoms with E-state index in [-0.39, 0.29) is 5.69 Å². The van der Waals surface area contributed by atoms with Crippen LogP contribution in [-0.4, -0.2) is 40.6 Å². The third kappa shape index (κ3) is 4.20. The number of aromatic nitrogens is 3. The first kappa shape index (κ1) is 23.9. The second kappa shape index (κ2) is 9.42. The monoisotopic (exact) mass is 510 g/mol. The third-order valence-corrected chi connectivity index (χ3v) is 7.03. The van der Waals surface area contributed by atoms with Crippen LogP contribution in [0.5, 0.6) is 5.75 Å². The number of aryl methyl sites for hydroxylation is 1. The first-order valence-corrected chi connectivity index (χ1v) is 12.3. The van der Waals surface area contributed by atoms with E-state index in [1.165, 1.54) is 17.4 Å². The Morgan fingerprint density at radius 2 is 1.97 bits per heavy atom. The molecule has 192 valence electrons. The number of nitrogens with one attached hydrogen (secondary N) is 1. The first-order chi connectivity index (χ1) is 18.4. The molecule has 0 bridgehead atoms. The van der Waals surface area contributed by atoms with Crippen LogP contribution in [0.15, 0.2) is 59.5 Å². The highest BCUT2D eigenvalue weighted by Crippen LogP contribution is 2.37. The molecular weight excluding hydrogens is 483 g/mol. The maximum absolute atomic E-state index is 15.5. The molecule has 0 unspecified atom stereocenters. The molecule has 3 N–H and O–H groups in total. The number of hydrogen-bond acceptors (Lipinski definition) is 8. The van der Waals surface area contributed by atoms with Gasteiger partial charge in [-0.05, 0) is 73.0 Å². The number of rotatable bonds is 5. The number of ether oxygens (including phenoxy) is 1. The van der Waals surface area contributed by atoms with Crippen LogP contribution in [0.25, 0.3) is 33.5 Å². The summed E-state index contributed by atoms with van der Waals surface area (Å²) in [7, 11) is 3.76. The number of oxazole rings is 1. The zero-order chi connectivity index (χ0) is 26.4. The third-order valence-electron chi connectivity index (χ3n) is 7.03. The Morgan fingerprint density at radius 1 is 1.11 bits per heavy atom. The van der Waals surface area contributed by atoms with Gasteiger partial charge in [-0.15, -0.1) is 0 Å². The molecule has 0 fully saturated rings. The molecule has 0 aliphatic carbocycles. The molecule has 38 heavy (non-hydrogen) atoms. The smallest absolute Gasteiger partial charge is 0.227 e. The number of hydrogen-bond donors (Lipinski definition) is 2. The van der Waals surface area contributed by atoms with Crippen molar-refractivity contribution >= 4 is 28.2 Å². The maximum atomic E-state index is 15.5. The number of anilines is 3. The number of nitrogens with two attached hydrogens (primary N) is 1. The molecule has 0 amide bonds. The van der Waals surface area contributed by atoms with E-state index in [0.717, 1.165) is 42.1 Å². The zero-order valence-electron chi connectivity index (χ0n) is 21.4. The summed E-state index contributed by atoms with van der Waals surface area (Å²) in [6.07, 6.45) is 5.63. The van der Waals surface area contributed by atoms with Gasteiger partial charge in [0.05, 0.1) is 30.2 Å². The van der Waals surface area contributed by atoms with Crippen LogP contribution >= 0.6 is 0 Å². The van der Waals surface area contributed by atoms with Gasteiger partial charge in [-0.3, -0.25) is 0 Å². The van der Waals surface area contributed by atoms with Crippen molar-refractivity contribution in [3.05, 3.63) is 77.6 Å². The number of nitrogens with zero attached hydrogens (tertiary/aromatic N) is 4. The van der Waals surface area contributed by atoms with Crippen molar-refractivity contribution in [1.82, 2.24) is 19.9 Å². The van der Waals surface area contributed by atoms with E-state index < -0.39 is 5.82 Å². The van der Waals surface area contributed by atoms with Gasteiger partial charge < -0.3 is 25.1 Å². The number of likely N-dealkylation sites (N-methyl/N-ethyl adjacent to an activating group) is 1. The zero-order valence-corrected chi connectivity index (χ0v) is 21.4. The molecule has 9 heteroatoms. The summed E-state index contributed by atoms with van der Waals surface area (Å²) in [4.78, 5) is 15.6. The molecule has 0 spiro atoms. The Balaban J connectivity index is 1.39. The molecule has 0 atom stereocenters. The summed E-state index contributed by atoms with van der Waals surface area (Å²) in [6.45, 7) is 3.78. The van der Waals surface area contributed by atoms with E-state index in [0.29, 0.717) is 33.9 Å². The molecule has 1 aliphatic rings. The number of halogens is 1. The Bertz CT molecular complexity index is 1670. The summed E-state index contributed by atoms with van der Waals surface area (Å²) < 4.78 is 26.5. The van der Waals surface area contributed by atoms with Crippen LogP contribution in [0.1, 0.15) is 16.7 Å². The van der Waals surface area contributed by atoms with E-state index in [4.69, 9.17) is 14.9 Å². The first-order valence-electron chi connectivity index (χ1n) is 12.3. The second-order valence-electron chi connectivity index (χ2n) is 9.58. The highest BCUT2D eigenvalue weighted by atomic mass is 19.1. The van der Waals surface area contributed by atoms with Crippen LogP contribution in [0.2, 0.25) is 0 Å². The highest BCUT2D eigenvalue weighted by Gasteiger charge is 2.19. The Morgan fingerprint density at radius 3 is 2.74 bits per heavy atom. The quantitative estimate of drug-likeness (QED) is 0.290. The topological polar surface area (TPSA) is 102 Å². The SMILES string of the molecule is COc1cc2c(cc1Nc1ncc3c(N)c(F)c(-c4ccc(-c5ncco5)cc4C)cc3n1)CN(C)CC2. The average Bonchev–Trinajstić information content (AvgIpc) is 3.46. The Kier molecular flexibility index (Phi) is 5.92. The molecule has 2 aromatic heterocycles. The Labute approximate surface area is 219 Å². The molecule has 5 aromatic rings.